The van der Waals surface area contributed by atoms with Crippen molar-refractivity contribution < 1.29 is 4.79 Å². The predicted molar refractivity (Wildman–Crippen MR) is 90.0 cm³/mol. The number of hydrogen-bond donors (Lipinski definition) is 1. The standard InChI is InChI=1S/C16H16BrClN2O/c1-16(2,3)12-7-5-4-6-11(12)15(21)20-13-8-10(17)9-19-14(13)18/h4-9H,1-3H3,(H,20,21). The second-order valence-corrected chi connectivity index (χ2v) is 7.02. The Hall–Kier alpha value is -1.39. The molecule has 0 saturated carbocycles. The van der Waals surface area contributed by atoms with Gasteiger partial charge in [-0.3, -0.25) is 4.79 Å². The number of nitrogens with zero attached hydrogens (tertiary/aromatic N) is 1. The van der Waals surface area contributed by atoms with E-state index >= 15 is 0 Å². The van der Waals surface area contributed by atoms with Crippen molar-refractivity contribution in [1.29, 1.82) is 0 Å². The number of rotatable bonds is 2. The van der Waals surface area contributed by atoms with Gasteiger partial charge >= 0.3 is 0 Å². The maximum atomic E-state index is 12.5. The highest BCUT2D eigenvalue weighted by Gasteiger charge is 2.21. The summed E-state index contributed by atoms with van der Waals surface area (Å²) in [4.78, 5) is 16.5. The molecule has 1 aromatic carbocycles. The van der Waals surface area contributed by atoms with E-state index < -0.39 is 0 Å². The minimum absolute atomic E-state index is 0.118. The van der Waals surface area contributed by atoms with Crippen LogP contribution < -0.4 is 5.32 Å². The van der Waals surface area contributed by atoms with Gasteiger partial charge in [0.15, 0.2) is 5.15 Å². The molecular weight excluding hydrogens is 352 g/mol. The molecule has 5 heteroatoms. The zero-order chi connectivity index (χ0) is 15.6. The van der Waals surface area contributed by atoms with E-state index in [0.717, 1.165) is 10.0 Å². The molecule has 1 heterocycles. The van der Waals surface area contributed by atoms with Gasteiger partial charge in [0.1, 0.15) is 0 Å². The number of carbonyl (C=O) groups is 1. The molecule has 0 spiro atoms. The van der Waals surface area contributed by atoms with Gasteiger partial charge in [0, 0.05) is 16.2 Å². The first-order valence-corrected chi connectivity index (χ1v) is 7.68. The third kappa shape index (κ3) is 3.83. The summed E-state index contributed by atoms with van der Waals surface area (Å²) in [6, 6.07) is 9.30. The Bertz CT molecular complexity index is 680. The predicted octanol–water partition coefficient (Wildman–Crippen LogP) is 5.05. The van der Waals surface area contributed by atoms with Crippen molar-refractivity contribution in [3.63, 3.8) is 0 Å². The third-order valence-corrected chi connectivity index (χ3v) is 3.77. The maximum Gasteiger partial charge on any atom is 0.256 e. The van der Waals surface area contributed by atoms with Crippen molar-refractivity contribution in [2.24, 2.45) is 0 Å². The van der Waals surface area contributed by atoms with Gasteiger partial charge in [0.2, 0.25) is 0 Å². The zero-order valence-electron chi connectivity index (χ0n) is 12.1. The van der Waals surface area contributed by atoms with E-state index in [1.54, 1.807) is 12.3 Å². The SMILES string of the molecule is CC(C)(C)c1ccccc1C(=O)Nc1cc(Br)cnc1Cl. The molecule has 3 nitrogen and oxygen atoms in total. The minimum atomic E-state index is -0.192. The van der Waals surface area contributed by atoms with E-state index in [2.05, 4.69) is 47.0 Å². The summed E-state index contributed by atoms with van der Waals surface area (Å²) in [5, 5.41) is 3.08. The average Bonchev–Trinajstić information content (AvgIpc) is 2.42. The van der Waals surface area contributed by atoms with E-state index in [4.69, 9.17) is 11.6 Å². The summed E-state index contributed by atoms with van der Waals surface area (Å²) in [5.41, 5.74) is 2.00. The van der Waals surface area contributed by atoms with Crippen LogP contribution in [0, 0.1) is 0 Å². The number of aromatic nitrogens is 1. The van der Waals surface area contributed by atoms with Gasteiger partial charge < -0.3 is 5.32 Å². The maximum absolute atomic E-state index is 12.5. The molecule has 110 valence electrons. The van der Waals surface area contributed by atoms with Gasteiger partial charge in [-0.2, -0.15) is 0 Å². The Balaban J connectivity index is 2.36. The van der Waals surface area contributed by atoms with Gasteiger partial charge in [-0.15, -0.1) is 0 Å². The van der Waals surface area contributed by atoms with Crippen molar-refractivity contribution in [2.45, 2.75) is 26.2 Å². The number of nitrogens with one attached hydrogen (secondary N) is 1. The average molecular weight is 368 g/mol. The van der Waals surface area contributed by atoms with Gasteiger partial charge in [-0.25, -0.2) is 4.98 Å². The van der Waals surface area contributed by atoms with Crippen LogP contribution in [0.25, 0.3) is 0 Å². The molecule has 0 saturated heterocycles. The highest BCUT2D eigenvalue weighted by molar-refractivity contribution is 9.10. The molecule has 0 unspecified atom stereocenters. The Labute approximate surface area is 137 Å². The summed E-state index contributed by atoms with van der Waals surface area (Å²) < 4.78 is 0.756. The minimum Gasteiger partial charge on any atom is -0.319 e. The normalized spacial score (nSPS) is 11.3. The van der Waals surface area contributed by atoms with Gasteiger partial charge in [-0.05, 0) is 39.0 Å². The van der Waals surface area contributed by atoms with Gasteiger partial charge in [0.05, 0.1) is 5.69 Å². The number of pyridine rings is 1. The van der Waals surface area contributed by atoms with E-state index in [-0.39, 0.29) is 16.5 Å². The highest BCUT2D eigenvalue weighted by Crippen LogP contribution is 2.28. The fraction of sp³-hybridized carbons (Fsp3) is 0.250. The molecule has 0 bridgehead atoms. The quantitative estimate of drug-likeness (QED) is 0.755. The van der Waals surface area contributed by atoms with E-state index in [9.17, 15) is 4.79 Å². The van der Waals surface area contributed by atoms with Crippen LogP contribution in [0.5, 0.6) is 0 Å². The lowest BCUT2D eigenvalue weighted by Crippen LogP contribution is -2.21. The van der Waals surface area contributed by atoms with Crippen LogP contribution in [0.15, 0.2) is 41.0 Å². The van der Waals surface area contributed by atoms with Crippen molar-refractivity contribution >= 4 is 39.1 Å². The smallest absolute Gasteiger partial charge is 0.256 e. The van der Waals surface area contributed by atoms with Crippen LogP contribution in [0.2, 0.25) is 5.15 Å². The van der Waals surface area contributed by atoms with Crippen LogP contribution in [-0.2, 0) is 5.41 Å². The molecule has 1 N–H and O–H groups in total. The monoisotopic (exact) mass is 366 g/mol. The Kier molecular flexibility index (Phi) is 4.69. The lowest BCUT2D eigenvalue weighted by molar-refractivity contribution is 0.102. The first-order valence-electron chi connectivity index (χ1n) is 6.51. The topological polar surface area (TPSA) is 42.0 Å². The lowest BCUT2D eigenvalue weighted by atomic mass is 9.83. The highest BCUT2D eigenvalue weighted by atomic mass is 79.9. The third-order valence-electron chi connectivity index (χ3n) is 3.03. The Morgan fingerprint density at radius 1 is 1.29 bits per heavy atom. The lowest BCUT2D eigenvalue weighted by Gasteiger charge is -2.22. The summed E-state index contributed by atoms with van der Waals surface area (Å²) in [6.45, 7) is 6.23. The molecule has 0 fully saturated rings. The zero-order valence-corrected chi connectivity index (χ0v) is 14.4. The largest absolute Gasteiger partial charge is 0.319 e. The second-order valence-electron chi connectivity index (χ2n) is 5.74. The van der Waals surface area contributed by atoms with E-state index in [1.165, 1.54) is 0 Å². The molecule has 0 radical (unpaired) electrons. The molecule has 2 aromatic rings. The van der Waals surface area contributed by atoms with Crippen LogP contribution in [0.3, 0.4) is 0 Å². The van der Waals surface area contributed by atoms with E-state index in [1.807, 2.05) is 24.3 Å². The molecule has 1 aromatic heterocycles. The van der Waals surface area contributed by atoms with E-state index in [0.29, 0.717) is 11.3 Å². The van der Waals surface area contributed by atoms with Crippen molar-refractivity contribution in [2.75, 3.05) is 5.32 Å². The molecule has 2 rings (SSSR count). The summed E-state index contributed by atoms with van der Waals surface area (Å²) in [5.74, 6) is -0.192. The second kappa shape index (κ2) is 6.16. The van der Waals surface area contributed by atoms with Crippen LogP contribution in [0.4, 0.5) is 5.69 Å². The van der Waals surface area contributed by atoms with Crippen LogP contribution >= 0.6 is 27.5 Å². The summed E-state index contributed by atoms with van der Waals surface area (Å²) in [6.07, 6.45) is 1.58. The molecule has 0 atom stereocenters. The molecule has 0 aliphatic heterocycles. The number of halogens is 2. The van der Waals surface area contributed by atoms with Crippen molar-refractivity contribution in [3.05, 3.63) is 57.3 Å². The number of benzene rings is 1. The Morgan fingerprint density at radius 3 is 2.62 bits per heavy atom. The van der Waals surface area contributed by atoms with Gasteiger partial charge in [0.25, 0.3) is 5.91 Å². The summed E-state index contributed by atoms with van der Waals surface area (Å²) >= 11 is 9.33. The number of amides is 1. The number of hydrogen-bond acceptors (Lipinski definition) is 2. The van der Waals surface area contributed by atoms with Crippen molar-refractivity contribution in [3.8, 4) is 0 Å². The molecular formula is C16H16BrClN2O. The number of carbonyl (C=O) groups excluding carboxylic acids is 1. The first-order chi connectivity index (χ1) is 9.79. The molecule has 0 aliphatic carbocycles. The fourth-order valence-corrected chi connectivity index (χ4v) is 2.52. The van der Waals surface area contributed by atoms with Crippen LogP contribution in [0.1, 0.15) is 36.7 Å². The molecule has 21 heavy (non-hydrogen) atoms. The molecule has 1 amide bonds. The fourth-order valence-electron chi connectivity index (χ4n) is 2.04. The first kappa shape index (κ1) is 16.0. The summed E-state index contributed by atoms with van der Waals surface area (Å²) in [7, 11) is 0. The van der Waals surface area contributed by atoms with Crippen molar-refractivity contribution in [1.82, 2.24) is 4.98 Å². The molecule has 0 aliphatic rings. The van der Waals surface area contributed by atoms with Gasteiger partial charge in [-0.1, -0.05) is 50.6 Å². The number of anilines is 1. The Morgan fingerprint density at radius 2 is 1.95 bits per heavy atom. The van der Waals surface area contributed by atoms with Crippen LogP contribution in [-0.4, -0.2) is 10.9 Å².